The van der Waals surface area contributed by atoms with Crippen molar-refractivity contribution in [1.29, 1.82) is 0 Å². The number of nitrogens with zero attached hydrogens (tertiary/aromatic N) is 1. The molecule has 1 aromatic rings. The van der Waals surface area contributed by atoms with E-state index in [2.05, 4.69) is 0 Å². The van der Waals surface area contributed by atoms with Crippen LogP contribution in [0.4, 0.5) is 0 Å². The van der Waals surface area contributed by atoms with Gasteiger partial charge in [0.1, 0.15) is 6.29 Å². The molecule has 17 heavy (non-hydrogen) atoms. The molecule has 3 nitrogen and oxygen atoms in total. The topological polar surface area (TPSA) is 37.4 Å². The molecule has 0 unspecified atom stereocenters. The van der Waals surface area contributed by atoms with Gasteiger partial charge in [0, 0.05) is 24.6 Å². The van der Waals surface area contributed by atoms with Gasteiger partial charge < -0.3 is 9.69 Å². The molecule has 1 saturated heterocycles. The zero-order chi connectivity index (χ0) is 12.3. The summed E-state index contributed by atoms with van der Waals surface area (Å²) in [5.74, 6) is 0.214. The number of rotatable bonds is 2. The molecule has 0 atom stereocenters. The SMILES string of the molecule is Cc1ccc(C(=O)N2CCC(C=O)CC2)cc1. The zero-order valence-corrected chi connectivity index (χ0v) is 10.1. The van der Waals surface area contributed by atoms with E-state index >= 15 is 0 Å². The molecule has 1 amide bonds. The molecule has 1 heterocycles. The molecule has 1 fully saturated rings. The van der Waals surface area contributed by atoms with E-state index in [0.717, 1.165) is 30.3 Å². The van der Waals surface area contributed by atoms with Crippen LogP contribution >= 0.6 is 0 Å². The molecule has 0 radical (unpaired) electrons. The summed E-state index contributed by atoms with van der Waals surface area (Å²) in [6.07, 6.45) is 2.59. The Hall–Kier alpha value is -1.64. The molecule has 0 aromatic heterocycles. The van der Waals surface area contributed by atoms with Gasteiger partial charge in [-0.3, -0.25) is 4.79 Å². The van der Waals surface area contributed by atoms with Gasteiger partial charge in [-0.1, -0.05) is 17.7 Å². The van der Waals surface area contributed by atoms with Crippen LogP contribution in [-0.4, -0.2) is 30.2 Å². The third-order valence-electron chi connectivity index (χ3n) is 3.32. The van der Waals surface area contributed by atoms with Crippen molar-refractivity contribution in [2.24, 2.45) is 5.92 Å². The van der Waals surface area contributed by atoms with Crippen molar-refractivity contribution >= 4 is 12.2 Å². The van der Waals surface area contributed by atoms with Crippen molar-refractivity contribution in [3.8, 4) is 0 Å². The quantitative estimate of drug-likeness (QED) is 0.730. The largest absolute Gasteiger partial charge is 0.339 e. The van der Waals surface area contributed by atoms with Crippen LogP contribution in [-0.2, 0) is 4.79 Å². The molecule has 1 aliphatic heterocycles. The first-order valence-corrected chi connectivity index (χ1v) is 6.02. The number of carbonyl (C=O) groups is 2. The number of benzene rings is 1. The highest BCUT2D eigenvalue weighted by Gasteiger charge is 2.22. The van der Waals surface area contributed by atoms with Crippen LogP contribution in [0.3, 0.4) is 0 Å². The van der Waals surface area contributed by atoms with Gasteiger partial charge in [0.15, 0.2) is 0 Å². The summed E-state index contributed by atoms with van der Waals surface area (Å²) in [6, 6.07) is 7.63. The Bertz CT molecular complexity index is 403. The molecular weight excluding hydrogens is 214 g/mol. The van der Waals surface area contributed by atoms with Crippen LogP contribution in [0.25, 0.3) is 0 Å². The Kier molecular flexibility index (Phi) is 3.57. The lowest BCUT2D eigenvalue weighted by Gasteiger charge is -2.29. The Labute approximate surface area is 101 Å². The summed E-state index contributed by atoms with van der Waals surface area (Å²) in [4.78, 5) is 24.6. The summed E-state index contributed by atoms with van der Waals surface area (Å²) in [6.45, 7) is 3.38. The van der Waals surface area contributed by atoms with E-state index in [1.54, 1.807) is 0 Å². The molecular formula is C14H17NO2. The van der Waals surface area contributed by atoms with Gasteiger partial charge in [0.2, 0.25) is 0 Å². The highest BCUT2D eigenvalue weighted by Crippen LogP contribution is 2.17. The lowest BCUT2D eigenvalue weighted by atomic mass is 9.98. The molecule has 1 aliphatic rings. The molecule has 0 spiro atoms. The van der Waals surface area contributed by atoms with Crippen LogP contribution in [0, 0.1) is 12.8 Å². The van der Waals surface area contributed by atoms with E-state index < -0.39 is 0 Å². The zero-order valence-electron chi connectivity index (χ0n) is 10.1. The lowest BCUT2D eigenvalue weighted by Crippen LogP contribution is -2.38. The van der Waals surface area contributed by atoms with Gasteiger partial charge in [0.05, 0.1) is 0 Å². The standard InChI is InChI=1S/C14H17NO2/c1-11-2-4-13(5-3-11)14(17)15-8-6-12(10-16)7-9-15/h2-5,10,12H,6-9H2,1H3. The van der Waals surface area contributed by atoms with Gasteiger partial charge in [-0.2, -0.15) is 0 Å². The molecule has 90 valence electrons. The molecule has 3 heteroatoms. The number of hydrogen-bond donors (Lipinski definition) is 0. The monoisotopic (exact) mass is 231 g/mol. The first kappa shape index (κ1) is 11.8. The van der Waals surface area contributed by atoms with Gasteiger partial charge in [-0.25, -0.2) is 0 Å². The number of aldehydes is 1. The van der Waals surface area contributed by atoms with Crippen LogP contribution < -0.4 is 0 Å². The first-order valence-electron chi connectivity index (χ1n) is 6.02. The van der Waals surface area contributed by atoms with Crippen molar-refractivity contribution in [2.45, 2.75) is 19.8 Å². The minimum atomic E-state index is 0.0781. The van der Waals surface area contributed by atoms with E-state index in [9.17, 15) is 9.59 Å². The van der Waals surface area contributed by atoms with Gasteiger partial charge >= 0.3 is 0 Å². The maximum absolute atomic E-state index is 12.1. The van der Waals surface area contributed by atoms with E-state index in [1.165, 1.54) is 0 Å². The van der Waals surface area contributed by atoms with Crippen LogP contribution in [0.15, 0.2) is 24.3 Å². The third kappa shape index (κ3) is 2.73. The Morgan fingerprint density at radius 2 is 1.82 bits per heavy atom. The minimum Gasteiger partial charge on any atom is -0.339 e. The van der Waals surface area contributed by atoms with E-state index in [-0.39, 0.29) is 11.8 Å². The summed E-state index contributed by atoms with van der Waals surface area (Å²) in [7, 11) is 0. The Balaban J connectivity index is 2.01. The fourth-order valence-corrected chi connectivity index (χ4v) is 2.12. The average Bonchev–Trinajstić information content (AvgIpc) is 2.39. The molecule has 0 saturated carbocycles. The number of aryl methyl sites for hydroxylation is 1. The minimum absolute atomic E-state index is 0.0781. The summed E-state index contributed by atoms with van der Waals surface area (Å²) < 4.78 is 0. The Morgan fingerprint density at radius 3 is 2.35 bits per heavy atom. The fraction of sp³-hybridized carbons (Fsp3) is 0.429. The molecule has 2 rings (SSSR count). The van der Waals surface area contributed by atoms with Crippen molar-refractivity contribution in [1.82, 2.24) is 4.90 Å². The van der Waals surface area contributed by atoms with E-state index in [0.29, 0.717) is 13.1 Å². The summed E-state index contributed by atoms with van der Waals surface area (Å²) >= 11 is 0. The van der Waals surface area contributed by atoms with Crippen LogP contribution in [0.1, 0.15) is 28.8 Å². The smallest absolute Gasteiger partial charge is 0.253 e. The number of amides is 1. The maximum Gasteiger partial charge on any atom is 0.253 e. The third-order valence-corrected chi connectivity index (χ3v) is 3.32. The molecule has 1 aromatic carbocycles. The summed E-state index contributed by atoms with van der Waals surface area (Å²) in [5, 5.41) is 0. The number of likely N-dealkylation sites (tertiary alicyclic amines) is 1. The van der Waals surface area contributed by atoms with Gasteiger partial charge in [0.25, 0.3) is 5.91 Å². The van der Waals surface area contributed by atoms with Crippen LogP contribution in [0.2, 0.25) is 0 Å². The number of piperidine rings is 1. The van der Waals surface area contributed by atoms with Gasteiger partial charge in [-0.15, -0.1) is 0 Å². The summed E-state index contributed by atoms with van der Waals surface area (Å²) in [5.41, 5.74) is 1.89. The van der Waals surface area contributed by atoms with E-state index in [4.69, 9.17) is 0 Å². The van der Waals surface area contributed by atoms with Crippen LogP contribution in [0.5, 0.6) is 0 Å². The second-order valence-electron chi connectivity index (χ2n) is 4.63. The van der Waals surface area contributed by atoms with Crippen molar-refractivity contribution in [3.05, 3.63) is 35.4 Å². The average molecular weight is 231 g/mol. The highest BCUT2D eigenvalue weighted by atomic mass is 16.2. The Morgan fingerprint density at radius 1 is 1.24 bits per heavy atom. The first-order chi connectivity index (χ1) is 8.20. The van der Waals surface area contributed by atoms with Crippen molar-refractivity contribution in [2.75, 3.05) is 13.1 Å². The highest BCUT2D eigenvalue weighted by molar-refractivity contribution is 5.94. The molecule has 0 bridgehead atoms. The second-order valence-corrected chi connectivity index (χ2v) is 4.63. The predicted molar refractivity (Wildman–Crippen MR) is 65.9 cm³/mol. The van der Waals surface area contributed by atoms with Gasteiger partial charge in [-0.05, 0) is 31.9 Å². The molecule has 0 aliphatic carbocycles. The lowest BCUT2D eigenvalue weighted by molar-refractivity contribution is -0.112. The maximum atomic E-state index is 12.1. The van der Waals surface area contributed by atoms with E-state index in [1.807, 2.05) is 36.1 Å². The number of hydrogen-bond acceptors (Lipinski definition) is 2. The second kappa shape index (κ2) is 5.13. The molecule has 0 N–H and O–H groups in total. The van der Waals surface area contributed by atoms with Crippen molar-refractivity contribution < 1.29 is 9.59 Å². The predicted octanol–water partition coefficient (Wildman–Crippen LogP) is 2.05. The number of carbonyl (C=O) groups excluding carboxylic acids is 2. The fourth-order valence-electron chi connectivity index (χ4n) is 2.12. The van der Waals surface area contributed by atoms with Crippen molar-refractivity contribution in [3.63, 3.8) is 0 Å². The normalized spacial score (nSPS) is 16.9.